The fourth-order valence-electron chi connectivity index (χ4n) is 2.16. The molecule has 0 bridgehead atoms. The van der Waals surface area contributed by atoms with E-state index in [1.54, 1.807) is 27.0 Å². The summed E-state index contributed by atoms with van der Waals surface area (Å²) in [5, 5.41) is 6.98. The van der Waals surface area contributed by atoms with Crippen LogP contribution in [-0.2, 0) is 16.4 Å². The molecule has 112 valence electrons. The molecule has 1 aromatic heterocycles. The smallest absolute Gasteiger partial charge is 0.194 e. The molecule has 0 unspecified atom stereocenters. The first-order valence-electron chi connectivity index (χ1n) is 6.43. The fraction of sp³-hybridized carbons (Fsp3) is 0.667. The lowest BCUT2D eigenvalue weighted by atomic mass is 10.2. The highest BCUT2D eigenvalue weighted by Crippen LogP contribution is 2.23. The molecule has 7 nitrogen and oxygen atoms in total. The van der Waals surface area contributed by atoms with E-state index in [0.29, 0.717) is 25.6 Å². The highest BCUT2D eigenvalue weighted by molar-refractivity contribution is 7.92. The number of nitrogens with one attached hydrogen (secondary N) is 1. The summed E-state index contributed by atoms with van der Waals surface area (Å²) < 4.78 is 28.0. The van der Waals surface area contributed by atoms with E-state index in [2.05, 4.69) is 15.5 Å². The molecule has 0 spiro atoms. The fourth-order valence-corrected chi connectivity index (χ4v) is 3.52. The van der Waals surface area contributed by atoms with Crippen LogP contribution in [0.3, 0.4) is 0 Å². The molecular formula is C12H20N4O3S. The second-order valence-corrected chi connectivity index (χ2v) is 8.13. The Morgan fingerprint density at radius 1 is 1.60 bits per heavy atom. The highest BCUT2D eigenvalue weighted by Gasteiger charge is 2.40. The van der Waals surface area contributed by atoms with Gasteiger partial charge < -0.3 is 14.7 Å². The largest absolute Gasteiger partial charge is 0.364 e. The molecule has 0 atom stereocenters. The maximum absolute atomic E-state index is 12.0. The average molecular weight is 300 g/mol. The Morgan fingerprint density at radius 2 is 2.35 bits per heavy atom. The number of rotatable bonds is 2. The standard InChI is InChI=1S/C12H20N4O3S/c1-12(2)9-16(5-7-20(12,17)18)11(13-3)14-8-10-4-6-19-15-10/h4,6H,5,7-9H2,1-3H3,(H,13,14). The van der Waals surface area contributed by atoms with Gasteiger partial charge in [0.05, 0.1) is 17.0 Å². The molecule has 0 saturated carbocycles. The van der Waals surface area contributed by atoms with Crippen molar-refractivity contribution in [2.75, 3.05) is 25.9 Å². The van der Waals surface area contributed by atoms with Crippen molar-refractivity contribution in [1.29, 1.82) is 0 Å². The molecule has 0 aliphatic carbocycles. The van der Waals surface area contributed by atoms with Gasteiger partial charge in [-0.25, -0.2) is 8.42 Å². The Morgan fingerprint density at radius 3 is 2.90 bits per heavy atom. The number of guanidine groups is 1. The summed E-state index contributed by atoms with van der Waals surface area (Å²) in [5.74, 6) is 0.820. The van der Waals surface area contributed by atoms with E-state index in [4.69, 9.17) is 4.52 Å². The molecule has 1 aliphatic rings. The van der Waals surface area contributed by atoms with Crippen LogP contribution >= 0.6 is 0 Å². The van der Waals surface area contributed by atoms with Gasteiger partial charge in [-0.1, -0.05) is 5.16 Å². The molecule has 1 N–H and O–H groups in total. The molecule has 0 amide bonds. The van der Waals surface area contributed by atoms with E-state index in [1.807, 2.05) is 4.90 Å². The van der Waals surface area contributed by atoms with Crippen LogP contribution in [-0.4, -0.2) is 55.1 Å². The van der Waals surface area contributed by atoms with Gasteiger partial charge in [-0.2, -0.15) is 0 Å². The number of hydrogen-bond donors (Lipinski definition) is 1. The van der Waals surface area contributed by atoms with Crippen LogP contribution < -0.4 is 5.32 Å². The van der Waals surface area contributed by atoms with Gasteiger partial charge in [0.2, 0.25) is 0 Å². The third-order valence-corrected chi connectivity index (χ3v) is 6.01. The van der Waals surface area contributed by atoms with E-state index in [-0.39, 0.29) is 5.75 Å². The normalized spacial score (nSPS) is 21.8. The van der Waals surface area contributed by atoms with Gasteiger partial charge in [-0.3, -0.25) is 4.99 Å². The van der Waals surface area contributed by atoms with Crippen LogP contribution in [0.4, 0.5) is 0 Å². The van der Waals surface area contributed by atoms with E-state index in [9.17, 15) is 8.42 Å². The number of aliphatic imine (C=N–C) groups is 1. The van der Waals surface area contributed by atoms with Crippen LogP contribution in [0.5, 0.6) is 0 Å². The average Bonchev–Trinajstić information content (AvgIpc) is 2.87. The van der Waals surface area contributed by atoms with Crippen LogP contribution in [0.25, 0.3) is 0 Å². The minimum Gasteiger partial charge on any atom is -0.364 e. The van der Waals surface area contributed by atoms with Gasteiger partial charge in [-0.15, -0.1) is 0 Å². The molecular weight excluding hydrogens is 280 g/mol. The summed E-state index contributed by atoms with van der Waals surface area (Å²) in [6.07, 6.45) is 1.51. The monoisotopic (exact) mass is 300 g/mol. The summed E-state index contributed by atoms with van der Waals surface area (Å²) in [5.41, 5.74) is 0.773. The first-order valence-corrected chi connectivity index (χ1v) is 8.08. The van der Waals surface area contributed by atoms with Gasteiger partial charge in [0.1, 0.15) is 12.0 Å². The minimum absolute atomic E-state index is 0.144. The summed E-state index contributed by atoms with van der Waals surface area (Å²) in [6.45, 7) is 4.86. The van der Waals surface area contributed by atoms with Gasteiger partial charge in [0, 0.05) is 26.2 Å². The SMILES string of the molecule is CN=C(NCc1ccon1)N1CCS(=O)(=O)C(C)(C)C1. The molecule has 8 heteroatoms. The lowest BCUT2D eigenvalue weighted by Gasteiger charge is -2.39. The molecule has 1 aromatic rings. The lowest BCUT2D eigenvalue weighted by molar-refractivity contribution is 0.352. The molecule has 1 aliphatic heterocycles. The van der Waals surface area contributed by atoms with E-state index in [0.717, 1.165) is 5.69 Å². The highest BCUT2D eigenvalue weighted by atomic mass is 32.2. The third-order valence-electron chi connectivity index (χ3n) is 3.47. The Kier molecular flexibility index (Phi) is 4.03. The Bertz CT molecular complexity index is 578. The van der Waals surface area contributed by atoms with Crippen molar-refractivity contribution in [3.8, 4) is 0 Å². The van der Waals surface area contributed by atoms with Gasteiger partial charge >= 0.3 is 0 Å². The topological polar surface area (TPSA) is 87.8 Å². The van der Waals surface area contributed by atoms with E-state index in [1.165, 1.54) is 6.26 Å². The van der Waals surface area contributed by atoms with Crippen molar-refractivity contribution in [2.24, 2.45) is 4.99 Å². The molecule has 0 radical (unpaired) electrons. The third kappa shape index (κ3) is 2.95. The first kappa shape index (κ1) is 14.8. The number of sulfone groups is 1. The van der Waals surface area contributed by atoms with Crippen LogP contribution in [0.15, 0.2) is 21.8 Å². The predicted octanol–water partition coefficient (Wildman–Crippen LogP) is 0.259. The summed E-state index contributed by atoms with van der Waals surface area (Å²) >= 11 is 0. The molecule has 0 aromatic carbocycles. The maximum Gasteiger partial charge on any atom is 0.194 e. The maximum atomic E-state index is 12.0. The molecule has 2 heterocycles. The van der Waals surface area contributed by atoms with Gasteiger partial charge in [-0.05, 0) is 13.8 Å². The van der Waals surface area contributed by atoms with Crippen molar-refractivity contribution in [1.82, 2.24) is 15.4 Å². The summed E-state index contributed by atoms with van der Waals surface area (Å²) in [6, 6.07) is 1.77. The zero-order valence-electron chi connectivity index (χ0n) is 12.0. The Balaban J connectivity index is 2.03. The lowest BCUT2D eigenvalue weighted by Crippen LogP contribution is -2.57. The summed E-state index contributed by atoms with van der Waals surface area (Å²) in [4.78, 5) is 6.16. The second-order valence-electron chi connectivity index (χ2n) is 5.39. The zero-order chi connectivity index (χ0) is 14.8. The molecule has 1 saturated heterocycles. The summed E-state index contributed by atoms with van der Waals surface area (Å²) in [7, 11) is -1.36. The minimum atomic E-state index is -3.05. The van der Waals surface area contributed by atoms with Crippen molar-refractivity contribution in [3.05, 3.63) is 18.0 Å². The van der Waals surface area contributed by atoms with Crippen molar-refractivity contribution >= 4 is 15.8 Å². The number of aromatic nitrogens is 1. The molecule has 2 rings (SSSR count). The van der Waals surface area contributed by atoms with E-state index < -0.39 is 14.6 Å². The molecule has 20 heavy (non-hydrogen) atoms. The first-order chi connectivity index (χ1) is 9.36. The van der Waals surface area contributed by atoms with Crippen molar-refractivity contribution in [3.63, 3.8) is 0 Å². The number of nitrogens with zero attached hydrogens (tertiary/aromatic N) is 3. The predicted molar refractivity (Wildman–Crippen MR) is 76.1 cm³/mol. The van der Waals surface area contributed by atoms with Gasteiger partial charge in [0.25, 0.3) is 0 Å². The Hall–Kier alpha value is -1.57. The van der Waals surface area contributed by atoms with Crippen molar-refractivity contribution in [2.45, 2.75) is 25.1 Å². The molecule has 1 fully saturated rings. The second kappa shape index (κ2) is 5.43. The Labute approximate surface area is 119 Å². The van der Waals surface area contributed by atoms with Crippen LogP contribution in [0, 0.1) is 0 Å². The van der Waals surface area contributed by atoms with E-state index >= 15 is 0 Å². The quantitative estimate of drug-likeness (QED) is 0.622. The van der Waals surface area contributed by atoms with Crippen LogP contribution in [0.2, 0.25) is 0 Å². The number of hydrogen-bond acceptors (Lipinski definition) is 5. The zero-order valence-corrected chi connectivity index (χ0v) is 12.8. The van der Waals surface area contributed by atoms with Gasteiger partial charge in [0.15, 0.2) is 15.8 Å². The van der Waals surface area contributed by atoms with Crippen LogP contribution in [0.1, 0.15) is 19.5 Å². The van der Waals surface area contributed by atoms with Crippen molar-refractivity contribution < 1.29 is 12.9 Å².